The highest BCUT2D eigenvalue weighted by Crippen LogP contribution is 2.34. The van der Waals surface area contributed by atoms with Gasteiger partial charge in [0.25, 0.3) is 0 Å². The molecule has 1 saturated heterocycles. The monoisotopic (exact) mass is 288 g/mol. The first-order chi connectivity index (χ1) is 10.1. The molecule has 1 fully saturated rings. The summed E-state index contributed by atoms with van der Waals surface area (Å²) in [5, 5.41) is 31.8. The van der Waals surface area contributed by atoms with E-state index in [0.29, 0.717) is 0 Å². The van der Waals surface area contributed by atoms with Gasteiger partial charge in [-0.3, -0.25) is 0 Å². The Balaban J connectivity index is 1.98. The van der Waals surface area contributed by atoms with Gasteiger partial charge in [0.15, 0.2) is 0 Å². The third kappa shape index (κ3) is 2.56. The van der Waals surface area contributed by atoms with Crippen molar-refractivity contribution in [1.82, 2.24) is 0 Å². The van der Waals surface area contributed by atoms with Crippen LogP contribution in [-0.2, 0) is 4.74 Å². The van der Waals surface area contributed by atoms with Crippen molar-refractivity contribution in [3.05, 3.63) is 47.5 Å². The zero-order valence-electron chi connectivity index (χ0n) is 11.9. The van der Waals surface area contributed by atoms with E-state index < -0.39 is 24.2 Å². The van der Waals surface area contributed by atoms with Crippen molar-refractivity contribution in [2.24, 2.45) is 5.92 Å². The van der Waals surface area contributed by atoms with Crippen molar-refractivity contribution in [1.29, 1.82) is 0 Å². The van der Waals surface area contributed by atoms with Crippen LogP contribution in [-0.4, -0.2) is 40.7 Å². The molecule has 112 valence electrons. The van der Waals surface area contributed by atoms with E-state index in [1.54, 1.807) is 0 Å². The lowest BCUT2D eigenvalue weighted by Crippen LogP contribution is -2.47. The fourth-order valence-corrected chi connectivity index (χ4v) is 3.00. The van der Waals surface area contributed by atoms with Crippen LogP contribution in [0.3, 0.4) is 0 Å². The van der Waals surface area contributed by atoms with Crippen LogP contribution in [0.15, 0.2) is 36.4 Å². The maximum absolute atomic E-state index is 10.3. The summed E-state index contributed by atoms with van der Waals surface area (Å²) in [5.41, 5.74) is 1.91. The molecule has 21 heavy (non-hydrogen) atoms. The predicted molar refractivity (Wildman–Crippen MR) is 80.0 cm³/mol. The summed E-state index contributed by atoms with van der Waals surface area (Å²) in [4.78, 5) is 0. The molecule has 3 N–H and O–H groups in total. The molecule has 0 bridgehead atoms. The third-order valence-electron chi connectivity index (χ3n) is 4.31. The second-order valence-corrected chi connectivity index (χ2v) is 5.73. The van der Waals surface area contributed by atoms with Gasteiger partial charge >= 0.3 is 0 Å². The fourth-order valence-electron chi connectivity index (χ4n) is 3.00. The summed E-state index contributed by atoms with van der Waals surface area (Å²) in [6.07, 6.45) is -2.57. The molecule has 1 heterocycles. The molecule has 0 radical (unpaired) electrons. The summed E-state index contributed by atoms with van der Waals surface area (Å²) < 4.78 is 5.71. The smallest absolute Gasteiger partial charge is 0.111 e. The van der Waals surface area contributed by atoms with Gasteiger partial charge in [-0.15, -0.1) is 0 Å². The van der Waals surface area contributed by atoms with Crippen LogP contribution in [0.1, 0.15) is 17.2 Å². The number of benzene rings is 2. The summed E-state index contributed by atoms with van der Waals surface area (Å²) in [7, 11) is 0. The van der Waals surface area contributed by atoms with Gasteiger partial charge in [0.2, 0.25) is 0 Å². The second kappa shape index (κ2) is 5.73. The Morgan fingerprint density at radius 1 is 1.10 bits per heavy atom. The van der Waals surface area contributed by atoms with Crippen molar-refractivity contribution in [3.8, 4) is 0 Å². The topological polar surface area (TPSA) is 69.9 Å². The lowest BCUT2D eigenvalue weighted by molar-refractivity contribution is -0.173. The van der Waals surface area contributed by atoms with Crippen molar-refractivity contribution in [2.75, 3.05) is 13.2 Å². The maximum atomic E-state index is 10.3. The lowest BCUT2D eigenvalue weighted by atomic mass is 9.87. The number of hydrogen-bond donors (Lipinski definition) is 3. The molecule has 4 atom stereocenters. The second-order valence-electron chi connectivity index (χ2n) is 5.73. The number of rotatable bonds is 2. The number of hydrogen-bond acceptors (Lipinski definition) is 4. The highest BCUT2D eigenvalue weighted by molar-refractivity contribution is 5.84. The highest BCUT2D eigenvalue weighted by atomic mass is 16.5. The summed E-state index contributed by atoms with van der Waals surface area (Å²) in [6.45, 7) is 2.02. The van der Waals surface area contributed by atoms with Crippen molar-refractivity contribution >= 4 is 10.8 Å². The van der Waals surface area contributed by atoms with Gasteiger partial charge in [-0.2, -0.15) is 0 Å². The van der Waals surface area contributed by atoms with Crippen LogP contribution < -0.4 is 0 Å². The first kappa shape index (κ1) is 14.5. The molecule has 0 spiro atoms. The first-order valence-corrected chi connectivity index (χ1v) is 7.19. The minimum atomic E-state index is -1.03. The van der Waals surface area contributed by atoms with Gasteiger partial charge in [-0.1, -0.05) is 30.3 Å². The number of ether oxygens (including phenoxy) is 1. The summed E-state index contributed by atoms with van der Waals surface area (Å²) in [5.74, 6) is -0.433. The molecule has 0 aliphatic carbocycles. The Morgan fingerprint density at radius 3 is 2.43 bits per heavy atom. The SMILES string of the molecule is Cc1cc2ccccc2cc1[C@@H]1OC[C@H](CO)[C@H](O)C1O. The average Bonchev–Trinajstić information content (AvgIpc) is 2.49. The Hall–Kier alpha value is -1.46. The maximum Gasteiger partial charge on any atom is 0.111 e. The quantitative estimate of drug-likeness (QED) is 0.784. The van der Waals surface area contributed by atoms with Crippen molar-refractivity contribution < 1.29 is 20.1 Å². The van der Waals surface area contributed by atoms with Gasteiger partial charge in [0.1, 0.15) is 12.2 Å². The molecule has 1 unspecified atom stereocenters. The normalized spacial score (nSPS) is 29.7. The van der Waals surface area contributed by atoms with Crippen LogP contribution in [0.2, 0.25) is 0 Å². The number of fused-ring (bicyclic) bond motifs is 1. The van der Waals surface area contributed by atoms with Gasteiger partial charge in [-0.25, -0.2) is 0 Å². The summed E-state index contributed by atoms with van der Waals surface area (Å²) >= 11 is 0. The van der Waals surface area contributed by atoms with Crippen LogP contribution in [0.5, 0.6) is 0 Å². The Morgan fingerprint density at radius 2 is 1.76 bits per heavy atom. The Labute approximate surface area is 123 Å². The zero-order valence-corrected chi connectivity index (χ0v) is 11.9. The van der Waals surface area contributed by atoms with Gasteiger partial charge < -0.3 is 20.1 Å². The van der Waals surface area contributed by atoms with Crippen LogP contribution in [0.4, 0.5) is 0 Å². The molecular weight excluding hydrogens is 268 g/mol. The molecule has 4 nitrogen and oxygen atoms in total. The molecule has 3 rings (SSSR count). The number of aliphatic hydroxyl groups is 3. The molecule has 4 heteroatoms. The minimum Gasteiger partial charge on any atom is -0.396 e. The molecular formula is C17H20O4. The molecule has 0 saturated carbocycles. The molecule has 1 aliphatic heterocycles. The van der Waals surface area contributed by atoms with E-state index in [1.807, 2.05) is 37.3 Å². The Kier molecular flexibility index (Phi) is 3.95. The van der Waals surface area contributed by atoms with Gasteiger partial charge in [0.05, 0.1) is 19.3 Å². The molecule has 0 amide bonds. The van der Waals surface area contributed by atoms with E-state index in [-0.39, 0.29) is 13.2 Å². The van der Waals surface area contributed by atoms with Crippen molar-refractivity contribution in [3.63, 3.8) is 0 Å². The van der Waals surface area contributed by atoms with E-state index in [1.165, 1.54) is 0 Å². The van der Waals surface area contributed by atoms with Gasteiger partial charge in [0, 0.05) is 5.92 Å². The van der Waals surface area contributed by atoms with Gasteiger partial charge in [-0.05, 0) is 34.9 Å². The van der Waals surface area contributed by atoms with E-state index in [0.717, 1.165) is 21.9 Å². The van der Waals surface area contributed by atoms with E-state index in [2.05, 4.69) is 6.07 Å². The van der Waals surface area contributed by atoms with Crippen LogP contribution in [0.25, 0.3) is 10.8 Å². The fraction of sp³-hybridized carbons (Fsp3) is 0.412. The largest absolute Gasteiger partial charge is 0.396 e. The highest BCUT2D eigenvalue weighted by Gasteiger charge is 2.39. The Bertz CT molecular complexity index is 640. The van der Waals surface area contributed by atoms with E-state index in [4.69, 9.17) is 4.74 Å². The van der Waals surface area contributed by atoms with Crippen LogP contribution >= 0.6 is 0 Å². The standard InChI is InChI=1S/C17H20O4/c1-10-6-11-4-2-3-5-12(11)7-14(10)17-16(20)15(19)13(8-18)9-21-17/h2-7,13,15-20H,8-9H2,1H3/t13-,15-,16?,17-/m0/s1. The number of aliphatic hydroxyl groups excluding tert-OH is 3. The average molecular weight is 288 g/mol. The third-order valence-corrected chi connectivity index (χ3v) is 4.31. The summed E-state index contributed by atoms with van der Waals surface area (Å²) in [6, 6.07) is 12.1. The lowest BCUT2D eigenvalue weighted by Gasteiger charge is -2.37. The molecule has 1 aliphatic rings. The number of aryl methyl sites for hydroxylation is 1. The van der Waals surface area contributed by atoms with Crippen LogP contribution in [0, 0.1) is 12.8 Å². The van der Waals surface area contributed by atoms with E-state index in [9.17, 15) is 15.3 Å². The first-order valence-electron chi connectivity index (χ1n) is 7.19. The zero-order chi connectivity index (χ0) is 15.0. The molecule has 0 aromatic heterocycles. The molecule has 2 aromatic rings. The minimum absolute atomic E-state index is 0.193. The molecule has 2 aromatic carbocycles. The van der Waals surface area contributed by atoms with E-state index >= 15 is 0 Å². The predicted octanol–water partition coefficient (Wildman–Crippen LogP) is 1.55. The van der Waals surface area contributed by atoms with Crippen molar-refractivity contribution in [2.45, 2.75) is 25.2 Å².